The molecule has 0 saturated carbocycles. The van der Waals surface area contributed by atoms with Crippen LogP contribution in [0.15, 0.2) is 65.4 Å². The monoisotopic (exact) mass is 349 g/mol. The molecule has 0 fully saturated rings. The summed E-state index contributed by atoms with van der Waals surface area (Å²) in [5.74, 6) is 1.04. The number of fused-ring (bicyclic) bond motifs is 1. The molecule has 6 heteroatoms. The number of para-hydroxylation sites is 1. The van der Waals surface area contributed by atoms with E-state index >= 15 is 0 Å². The van der Waals surface area contributed by atoms with Crippen LogP contribution in [0.3, 0.4) is 0 Å². The third kappa shape index (κ3) is 3.19. The molecule has 2 aromatic heterocycles. The largest absolute Gasteiger partial charge is 0.467 e. The van der Waals surface area contributed by atoms with Crippen LogP contribution in [-0.4, -0.2) is 29.1 Å². The lowest BCUT2D eigenvalue weighted by Crippen LogP contribution is -2.29. The number of carbonyl (C=O) groups excluding carboxylic acids is 1. The van der Waals surface area contributed by atoms with Crippen LogP contribution in [-0.2, 0) is 6.42 Å². The van der Waals surface area contributed by atoms with Crippen molar-refractivity contribution in [3.05, 3.63) is 77.9 Å². The highest BCUT2D eigenvalue weighted by atomic mass is 16.4. The van der Waals surface area contributed by atoms with Gasteiger partial charge in [-0.15, -0.1) is 0 Å². The average molecular weight is 349 g/mol. The van der Waals surface area contributed by atoms with E-state index in [9.17, 15) is 9.90 Å². The van der Waals surface area contributed by atoms with Crippen LogP contribution in [0.2, 0.25) is 0 Å². The number of nitrogens with zero attached hydrogens (tertiary/aromatic N) is 2. The van der Waals surface area contributed by atoms with Gasteiger partial charge in [-0.1, -0.05) is 18.2 Å². The summed E-state index contributed by atoms with van der Waals surface area (Å²) in [6.07, 6.45) is 3.20. The van der Waals surface area contributed by atoms with E-state index in [1.807, 2.05) is 18.2 Å². The summed E-state index contributed by atoms with van der Waals surface area (Å²) in [5.41, 5.74) is 2.71. The van der Waals surface area contributed by atoms with Gasteiger partial charge in [0.15, 0.2) is 0 Å². The lowest BCUT2D eigenvalue weighted by molar-refractivity contribution is 0.0989. The first-order chi connectivity index (χ1) is 12.7. The number of hydrogen-bond acceptors (Lipinski definition) is 5. The van der Waals surface area contributed by atoms with Crippen molar-refractivity contribution >= 4 is 17.4 Å². The number of aromatic nitrogens is 1. The number of anilines is 2. The molecule has 1 aliphatic rings. The van der Waals surface area contributed by atoms with Crippen molar-refractivity contribution in [2.75, 3.05) is 23.3 Å². The summed E-state index contributed by atoms with van der Waals surface area (Å²) in [4.78, 5) is 18.8. The van der Waals surface area contributed by atoms with Crippen LogP contribution in [0.1, 0.15) is 27.8 Å². The Morgan fingerprint density at radius 2 is 2.12 bits per heavy atom. The molecule has 0 aliphatic carbocycles. The van der Waals surface area contributed by atoms with Gasteiger partial charge < -0.3 is 19.7 Å². The zero-order valence-electron chi connectivity index (χ0n) is 14.1. The normalized spacial score (nSPS) is 14.1. The van der Waals surface area contributed by atoms with Gasteiger partial charge >= 0.3 is 0 Å². The molecule has 6 nitrogen and oxygen atoms in total. The second kappa shape index (κ2) is 7.01. The summed E-state index contributed by atoms with van der Waals surface area (Å²) in [6, 6.07) is 14.9. The van der Waals surface area contributed by atoms with E-state index in [-0.39, 0.29) is 12.5 Å². The number of furan rings is 1. The molecule has 1 aliphatic heterocycles. The number of aliphatic hydroxyl groups excluding tert-OH is 1. The fourth-order valence-electron chi connectivity index (χ4n) is 3.11. The van der Waals surface area contributed by atoms with E-state index in [1.165, 1.54) is 11.8 Å². The number of amides is 1. The second-order valence-electron chi connectivity index (χ2n) is 6.18. The van der Waals surface area contributed by atoms with Crippen LogP contribution < -0.4 is 10.2 Å². The van der Waals surface area contributed by atoms with Crippen molar-refractivity contribution in [2.24, 2.45) is 0 Å². The van der Waals surface area contributed by atoms with Gasteiger partial charge in [-0.2, -0.15) is 0 Å². The Morgan fingerprint density at radius 1 is 1.23 bits per heavy atom. The zero-order valence-corrected chi connectivity index (χ0v) is 14.1. The van der Waals surface area contributed by atoms with Crippen LogP contribution in [0.25, 0.3) is 0 Å². The van der Waals surface area contributed by atoms with Crippen LogP contribution in [0.4, 0.5) is 11.5 Å². The molecule has 0 bridgehead atoms. The molecule has 3 aromatic rings. The molecule has 3 heterocycles. The quantitative estimate of drug-likeness (QED) is 0.740. The van der Waals surface area contributed by atoms with Crippen molar-refractivity contribution in [3.8, 4) is 0 Å². The Labute approximate surface area is 151 Å². The van der Waals surface area contributed by atoms with Gasteiger partial charge in [0.25, 0.3) is 5.91 Å². The third-order valence-electron chi connectivity index (χ3n) is 4.49. The van der Waals surface area contributed by atoms with Crippen molar-refractivity contribution in [2.45, 2.75) is 12.5 Å². The Hall–Kier alpha value is -3.12. The molecular weight excluding hydrogens is 330 g/mol. The highest BCUT2D eigenvalue weighted by Crippen LogP contribution is 2.28. The van der Waals surface area contributed by atoms with E-state index in [2.05, 4.69) is 16.4 Å². The maximum atomic E-state index is 12.8. The molecule has 1 atom stereocenters. The molecule has 26 heavy (non-hydrogen) atoms. The molecule has 0 radical (unpaired) electrons. The van der Waals surface area contributed by atoms with E-state index in [4.69, 9.17) is 4.42 Å². The van der Waals surface area contributed by atoms with Crippen molar-refractivity contribution in [1.29, 1.82) is 0 Å². The second-order valence-corrected chi connectivity index (χ2v) is 6.18. The number of carbonyl (C=O) groups is 1. The minimum atomic E-state index is -0.755. The molecule has 0 saturated heterocycles. The molecule has 1 aromatic carbocycles. The van der Waals surface area contributed by atoms with E-state index in [0.717, 1.165) is 12.1 Å². The van der Waals surface area contributed by atoms with E-state index in [0.29, 0.717) is 23.7 Å². The molecule has 1 amide bonds. The highest BCUT2D eigenvalue weighted by molar-refractivity contribution is 6.07. The van der Waals surface area contributed by atoms with E-state index in [1.54, 1.807) is 35.4 Å². The predicted octanol–water partition coefficient (Wildman–Crippen LogP) is 3.02. The van der Waals surface area contributed by atoms with Crippen LogP contribution >= 0.6 is 0 Å². The first-order valence-electron chi connectivity index (χ1n) is 8.53. The molecule has 0 unspecified atom stereocenters. The molecule has 132 valence electrons. The van der Waals surface area contributed by atoms with Gasteiger partial charge in [-0.05, 0) is 42.3 Å². The molecule has 0 spiro atoms. The molecular formula is C20H19N3O3. The summed E-state index contributed by atoms with van der Waals surface area (Å²) < 4.78 is 5.16. The fourth-order valence-corrected chi connectivity index (χ4v) is 3.11. The van der Waals surface area contributed by atoms with Crippen LogP contribution in [0.5, 0.6) is 0 Å². The zero-order chi connectivity index (χ0) is 17.9. The maximum absolute atomic E-state index is 12.8. The summed E-state index contributed by atoms with van der Waals surface area (Å²) in [5, 5.41) is 13.0. The lowest BCUT2D eigenvalue weighted by Gasteiger charge is -2.17. The standard InChI is InChI=1S/C20H19N3O3/c24-17(18-6-3-11-26-18)13-22-19-8-7-15(12-21-19)20(25)23-10-9-14-4-1-2-5-16(14)23/h1-8,11-12,17,24H,9-10,13H2,(H,21,22)/t17-/m0/s1. The summed E-state index contributed by atoms with van der Waals surface area (Å²) >= 11 is 0. The first-order valence-corrected chi connectivity index (χ1v) is 8.53. The Kier molecular flexibility index (Phi) is 4.41. The minimum absolute atomic E-state index is 0.0513. The highest BCUT2D eigenvalue weighted by Gasteiger charge is 2.25. The number of nitrogens with one attached hydrogen (secondary N) is 1. The summed E-state index contributed by atoms with van der Waals surface area (Å²) in [7, 11) is 0. The topological polar surface area (TPSA) is 78.6 Å². The average Bonchev–Trinajstić information content (AvgIpc) is 3.36. The SMILES string of the molecule is O=C(c1ccc(NC[C@H](O)c2ccco2)nc1)N1CCc2ccccc21. The van der Waals surface area contributed by atoms with Gasteiger partial charge in [-0.3, -0.25) is 4.79 Å². The van der Waals surface area contributed by atoms with Gasteiger partial charge in [-0.25, -0.2) is 4.98 Å². The summed E-state index contributed by atoms with van der Waals surface area (Å²) in [6.45, 7) is 0.959. The molecule has 2 N–H and O–H groups in total. The Bertz CT molecular complexity index is 891. The Balaban J connectivity index is 1.41. The smallest absolute Gasteiger partial charge is 0.259 e. The van der Waals surface area contributed by atoms with Gasteiger partial charge in [0, 0.05) is 25.0 Å². The van der Waals surface area contributed by atoms with Crippen LogP contribution in [0, 0.1) is 0 Å². The number of benzene rings is 1. The van der Waals surface area contributed by atoms with Gasteiger partial charge in [0.2, 0.25) is 0 Å². The van der Waals surface area contributed by atoms with Gasteiger partial charge in [0.1, 0.15) is 17.7 Å². The first kappa shape index (κ1) is 16.4. The third-order valence-corrected chi connectivity index (χ3v) is 4.49. The number of hydrogen-bond donors (Lipinski definition) is 2. The maximum Gasteiger partial charge on any atom is 0.259 e. The molecule has 4 rings (SSSR count). The van der Waals surface area contributed by atoms with E-state index < -0.39 is 6.10 Å². The Morgan fingerprint density at radius 3 is 2.88 bits per heavy atom. The predicted molar refractivity (Wildman–Crippen MR) is 98.2 cm³/mol. The number of pyridine rings is 1. The fraction of sp³-hybridized carbons (Fsp3) is 0.200. The lowest BCUT2D eigenvalue weighted by atomic mass is 10.2. The number of rotatable bonds is 5. The van der Waals surface area contributed by atoms with Gasteiger partial charge in [0.05, 0.1) is 11.8 Å². The number of aliphatic hydroxyl groups is 1. The van der Waals surface area contributed by atoms with Crippen molar-refractivity contribution in [1.82, 2.24) is 4.98 Å². The van der Waals surface area contributed by atoms with Crippen molar-refractivity contribution in [3.63, 3.8) is 0 Å². The minimum Gasteiger partial charge on any atom is -0.467 e. The van der Waals surface area contributed by atoms with Crippen molar-refractivity contribution < 1.29 is 14.3 Å².